The number of hydrogen-bond donors (Lipinski definition) is 5. The van der Waals surface area contributed by atoms with E-state index in [0.29, 0.717) is 22.9 Å². The molecule has 392 valence electrons. The summed E-state index contributed by atoms with van der Waals surface area (Å²) in [5.41, 5.74) is -3.81. The first-order valence-corrected chi connectivity index (χ1v) is 21.6. The number of aliphatic hydroxyl groups is 1. The fourth-order valence-electron chi connectivity index (χ4n) is 5.23. The van der Waals surface area contributed by atoms with Crippen LogP contribution in [0.15, 0.2) is 91.4 Å². The zero-order valence-corrected chi connectivity index (χ0v) is 41.1. The minimum absolute atomic E-state index is 0.0233. The molecule has 0 spiro atoms. The van der Waals surface area contributed by atoms with E-state index < -0.39 is 53.1 Å². The van der Waals surface area contributed by atoms with Crippen molar-refractivity contribution in [1.29, 1.82) is 0 Å². The van der Waals surface area contributed by atoms with Gasteiger partial charge in [-0.25, -0.2) is 24.9 Å². The van der Waals surface area contributed by atoms with Crippen LogP contribution >= 0.6 is 22.6 Å². The molecule has 0 amide bonds. The lowest BCUT2D eigenvalue weighted by Gasteiger charge is -2.25. The summed E-state index contributed by atoms with van der Waals surface area (Å²) in [5.74, 6) is 0.282. The SMILES string of the molecule is CB1OB(C)OB(C)O1.Cc1nc(C(F)(F)F)ccc1O.Cc1nc(C(F)(F)F)ccc1Oc1ccnc(Nc2ccnc(C(C)(C)O)c2)c1.Oc1ccc(C(F)(F)F)nc1.Oc1ccc(C(F)(F)F)nc1I. The van der Waals surface area contributed by atoms with Gasteiger partial charge in [0, 0.05) is 24.1 Å². The Hall–Kier alpha value is -6.18. The monoisotopic (exact) mass is 1160 g/mol. The van der Waals surface area contributed by atoms with Crippen LogP contribution in [0.3, 0.4) is 0 Å². The third kappa shape index (κ3) is 21.1. The Morgan fingerprint density at radius 3 is 1.47 bits per heavy atom. The highest BCUT2D eigenvalue weighted by atomic mass is 127. The van der Waals surface area contributed by atoms with E-state index in [4.69, 9.17) is 33.8 Å². The van der Waals surface area contributed by atoms with Crippen molar-refractivity contribution in [2.75, 3.05) is 5.32 Å². The summed E-state index contributed by atoms with van der Waals surface area (Å²) in [6, 6.07) is 13.8. The van der Waals surface area contributed by atoms with E-state index >= 15 is 0 Å². The Morgan fingerprint density at radius 2 is 1.01 bits per heavy atom. The fraction of sp³-hybridized carbons (Fsp3) is 0.286. The number of ether oxygens (including phenoxy) is 1. The third-order valence-electron chi connectivity index (χ3n) is 8.60. The summed E-state index contributed by atoms with van der Waals surface area (Å²) >= 11 is 1.53. The quantitative estimate of drug-likeness (QED) is 0.0471. The van der Waals surface area contributed by atoms with E-state index in [1.165, 1.54) is 48.7 Å². The molecule has 0 radical (unpaired) electrons. The molecule has 1 saturated heterocycles. The molecule has 73 heavy (non-hydrogen) atoms. The van der Waals surface area contributed by atoms with Gasteiger partial charge < -0.3 is 44.2 Å². The minimum Gasteiger partial charge on any atom is -0.506 e. The summed E-state index contributed by atoms with van der Waals surface area (Å²) in [7, 11) is -0.406. The first kappa shape index (κ1) is 61.1. The molecule has 1 fully saturated rings. The second-order valence-electron chi connectivity index (χ2n) is 15.2. The van der Waals surface area contributed by atoms with Gasteiger partial charge in [0.2, 0.25) is 0 Å². The molecule has 7 heterocycles. The third-order valence-corrected chi connectivity index (χ3v) is 9.40. The molecule has 1 aliphatic heterocycles. The maximum Gasteiger partial charge on any atom is 0.433 e. The van der Waals surface area contributed by atoms with Crippen molar-refractivity contribution in [3.8, 4) is 28.7 Å². The predicted molar refractivity (Wildman–Crippen MR) is 249 cm³/mol. The van der Waals surface area contributed by atoms with Gasteiger partial charge in [-0.2, -0.15) is 52.7 Å². The van der Waals surface area contributed by atoms with Crippen LogP contribution in [0.25, 0.3) is 0 Å². The van der Waals surface area contributed by atoms with Crippen LogP contribution in [-0.4, -0.2) is 71.7 Å². The molecule has 0 aliphatic carbocycles. The average molecular weight is 1160 g/mol. The van der Waals surface area contributed by atoms with Gasteiger partial charge in [0.05, 0.1) is 23.3 Å². The van der Waals surface area contributed by atoms with E-state index in [2.05, 4.69) is 35.2 Å². The fourth-order valence-corrected chi connectivity index (χ4v) is 5.67. The number of aromatic nitrogens is 6. The number of nitrogens with zero attached hydrogens (tertiary/aromatic N) is 6. The van der Waals surface area contributed by atoms with Crippen LogP contribution in [0.1, 0.15) is 53.7 Å². The van der Waals surface area contributed by atoms with Gasteiger partial charge in [-0.15, -0.1) is 0 Å². The van der Waals surface area contributed by atoms with Crippen molar-refractivity contribution in [2.45, 2.75) is 78.5 Å². The van der Waals surface area contributed by atoms with Crippen molar-refractivity contribution >= 4 is 55.5 Å². The summed E-state index contributed by atoms with van der Waals surface area (Å²) in [6.07, 6.45) is -14.0. The largest absolute Gasteiger partial charge is 0.506 e. The highest BCUT2D eigenvalue weighted by Gasteiger charge is 2.35. The molecule has 0 atom stereocenters. The van der Waals surface area contributed by atoms with Gasteiger partial charge in [-0.05, 0) is 137 Å². The maximum atomic E-state index is 12.7. The molecule has 0 bridgehead atoms. The van der Waals surface area contributed by atoms with Crippen molar-refractivity contribution in [3.05, 3.63) is 135 Å². The number of aromatic hydroxyl groups is 3. The summed E-state index contributed by atoms with van der Waals surface area (Å²) < 4.78 is 166. The zero-order chi connectivity index (χ0) is 55.3. The molecular formula is C42H41B3F12IN7O8. The van der Waals surface area contributed by atoms with Crippen LogP contribution in [0.4, 0.5) is 64.2 Å². The molecule has 5 N–H and O–H groups in total. The molecule has 0 unspecified atom stereocenters. The molecule has 1 aliphatic rings. The number of halogens is 13. The normalized spacial score (nSPS) is 12.9. The van der Waals surface area contributed by atoms with Crippen LogP contribution < -0.4 is 10.1 Å². The van der Waals surface area contributed by atoms with Crippen LogP contribution in [0, 0.1) is 17.5 Å². The molecule has 0 aromatic carbocycles. The highest BCUT2D eigenvalue weighted by molar-refractivity contribution is 14.1. The lowest BCUT2D eigenvalue weighted by Crippen LogP contribution is -2.44. The van der Waals surface area contributed by atoms with Crippen molar-refractivity contribution in [2.24, 2.45) is 0 Å². The molecule has 6 aromatic heterocycles. The molecule has 7 rings (SSSR count). The number of pyridine rings is 6. The Labute approximate surface area is 423 Å². The maximum absolute atomic E-state index is 12.7. The summed E-state index contributed by atoms with van der Waals surface area (Å²) in [4.78, 5) is 21.2. The number of nitrogens with one attached hydrogen (secondary N) is 1. The van der Waals surface area contributed by atoms with Crippen molar-refractivity contribution < 1.29 is 91.6 Å². The van der Waals surface area contributed by atoms with Gasteiger partial charge >= 0.3 is 46.1 Å². The van der Waals surface area contributed by atoms with Gasteiger partial charge in [0.15, 0.2) is 0 Å². The van der Waals surface area contributed by atoms with Gasteiger partial charge in [0.25, 0.3) is 0 Å². The topological polar surface area (TPSA) is 207 Å². The van der Waals surface area contributed by atoms with E-state index in [1.807, 2.05) is 20.5 Å². The highest BCUT2D eigenvalue weighted by Crippen LogP contribution is 2.34. The molecule has 15 nitrogen and oxygen atoms in total. The zero-order valence-electron chi connectivity index (χ0n) is 38.9. The Kier molecular flexibility index (Phi) is 21.5. The van der Waals surface area contributed by atoms with E-state index in [1.54, 1.807) is 44.3 Å². The molecular weight excluding hydrogens is 1120 g/mol. The molecule has 6 aromatic rings. The second kappa shape index (κ2) is 25.7. The Bertz CT molecular complexity index is 2640. The summed E-state index contributed by atoms with van der Waals surface area (Å²) in [6.45, 7) is 11.6. The lowest BCUT2D eigenvalue weighted by molar-refractivity contribution is -0.142. The van der Waals surface area contributed by atoms with Crippen molar-refractivity contribution in [3.63, 3.8) is 0 Å². The predicted octanol–water partition coefficient (Wildman–Crippen LogP) is 11.7. The number of aryl methyl sites for hydroxylation is 2. The van der Waals surface area contributed by atoms with Crippen LogP contribution in [-0.2, 0) is 44.0 Å². The molecule has 0 saturated carbocycles. The summed E-state index contributed by atoms with van der Waals surface area (Å²) in [5, 5.41) is 39.5. The number of alkyl halides is 12. The first-order valence-electron chi connectivity index (χ1n) is 20.5. The number of anilines is 2. The van der Waals surface area contributed by atoms with Crippen LogP contribution in [0.2, 0.25) is 20.5 Å². The first-order chi connectivity index (χ1) is 33.5. The lowest BCUT2D eigenvalue weighted by atomic mass is 9.74. The standard InChI is InChI=1S/C20H19F3N4O2.C7H6F3NO.C6H3F3INO.C6H4F3NO.C3H9B3O3/c1-12-15(4-5-16(26-12)20(21,22)23)29-14-7-9-25-18(11-14)27-13-6-8-24-17(10-13)19(2,3)28;1-4-5(12)2-3-6(11-4)7(8,9)10;7-6(8,9)4-2-1-3(12)5(10)11-4;7-6(8,9)5-2-1-4(11)3-10-5;1-4-7-5(2)9-6(3)8-4/h4-11,28H,1-3H3,(H,24,25,27);2-3,12H,1H3;1-2,12H;1-3,11H;1-3H3. The van der Waals surface area contributed by atoms with Crippen LogP contribution in [0.5, 0.6) is 28.7 Å². The van der Waals surface area contributed by atoms with Gasteiger partial charge in [0.1, 0.15) is 66.6 Å². The second-order valence-corrected chi connectivity index (χ2v) is 16.2. The van der Waals surface area contributed by atoms with Crippen molar-refractivity contribution in [1.82, 2.24) is 29.9 Å². The Morgan fingerprint density at radius 1 is 0.548 bits per heavy atom. The number of rotatable bonds is 5. The minimum atomic E-state index is -4.51. The van der Waals surface area contributed by atoms with Gasteiger partial charge in [-0.3, -0.25) is 4.98 Å². The number of hydrogen-bond acceptors (Lipinski definition) is 15. The smallest absolute Gasteiger partial charge is 0.433 e. The van der Waals surface area contributed by atoms with E-state index in [-0.39, 0.29) is 59.4 Å². The Balaban J connectivity index is 0.000000266. The average Bonchev–Trinajstić information content (AvgIpc) is 3.25. The van der Waals surface area contributed by atoms with Gasteiger partial charge in [-0.1, -0.05) is 0 Å². The van der Waals surface area contributed by atoms with E-state index in [9.17, 15) is 57.8 Å². The molecule has 31 heteroatoms. The van der Waals surface area contributed by atoms with E-state index in [0.717, 1.165) is 48.7 Å².